The Balaban J connectivity index is 2.46. The van der Waals surface area contributed by atoms with Crippen molar-refractivity contribution in [3.63, 3.8) is 0 Å². The summed E-state index contributed by atoms with van der Waals surface area (Å²) in [6, 6.07) is 3.97. The Hall–Kier alpha value is -1.71. The number of nitrogens with zero attached hydrogens (tertiary/aromatic N) is 4. The molecule has 4 nitrogen and oxygen atoms in total. The molecule has 2 heterocycles. The standard InChI is InChI=1S/C11H14N4/c1-8(2)9-6-10(13-7-12-9)11-4-5-14-15(11)3/h4-8H,1-3H3. The van der Waals surface area contributed by atoms with Gasteiger partial charge < -0.3 is 0 Å². The van der Waals surface area contributed by atoms with Crippen LogP contribution in [0, 0.1) is 0 Å². The highest BCUT2D eigenvalue weighted by Gasteiger charge is 2.07. The zero-order valence-electron chi connectivity index (χ0n) is 9.18. The summed E-state index contributed by atoms with van der Waals surface area (Å²) < 4.78 is 1.81. The summed E-state index contributed by atoms with van der Waals surface area (Å²) in [6.07, 6.45) is 3.38. The molecule has 0 aliphatic rings. The smallest absolute Gasteiger partial charge is 0.116 e. The number of hydrogen-bond donors (Lipinski definition) is 0. The van der Waals surface area contributed by atoms with Crippen LogP contribution in [-0.4, -0.2) is 19.7 Å². The van der Waals surface area contributed by atoms with Crippen LogP contribution in [0.3, 0.4) is 0 Å². The molecule has 0 bridgehead atoms. The van der Waals surface area contributed by atoms with Gasteiger partial charge in [-0.15, -0.1) is 0 Å². The molecule has 2 aromatic rings. The van der Waals surface area contributed by atoms with Crippen LogP contribution in [0.15, 0.2) is 24.7 Å². The van der Waals surface area contributed by atoms with Gasteiger partial charge in [-0.25, -0.2) is 9.97 Å². The van der Waals surface area contributed by atoms with Crippen molar-refractivity contribution in [1.29, 1.82) is 0 Å². The minimum absolute atomic E-state index is 0.417. The molecular formula is C11H14N4. The van der Waals surface area contributed by atoms with Crippen LogP contribution < -0.4 is 0 Å². The summed E-state index contributed by atoms with van der Waals surface area (Å²) in [6.45, 7) is 4.24. The lowest BCUT2D eigenvalue weighted by Gasteiger charge is -2.06. The van der Waals surface area contributed by atoms with E-state index >= 15 is 0 Å². The normalized spacial score (nSPS) is 10.9. The van der Waals surface area contributed by atoms with E-state index in [-0.39, 0.29) is 0 Å². The Labute approximate surface area is 89.0 Å². The third kappa shape index (κ3) is 1.88. The molecule has 0 amide bonds. The second-order valence-corrected chi connectivity index (χ2v) is 3.82. The van der Waals surface area contributed by atoms with Crippen molar-refractivity contribution in [1.82, 2.24) is 19.7 Å². The quantitative estimate of drug-likeness (QED) is 0.748. The van der Waals surface area contributed by atoms with Gasteiger partial charge in [0.2, 0.25) is 0 Å². The molecule has 0 fully saturated rings. The van der Waals surface area contributed by atoms with E-state index in [1.807, 2.05) is 23.9 Å². The Bertz CT molecular complexity index is 459. The van der Waals surface area contributed by atoms with Gasteiger partial charge in [0, 0.05) is 18.9 Å². The van der Waals surface area contributed by atoms with Crippen LogP contribution in [0.4, 0.5) is 0 Å². The Morgan fingerprint density at radius 1 is 1.27 bits per heavy atom. The van der Waals surface area contributed by atoms with E-state index in [1.54, 1.807) is 12.5 Å². The molecule has 0 saturated heterocycles. The monoisotopic (exact) mass is 202 g/mol. The second kappa shape index (κ2) is 3.81. The molecule has 4 heteroatoms. The summed E-state index contributed by atoms with van der Waals surface area (Å²) in [7, 11) is 1.91. The predicted octanol–water partition coefficient (Wildman–Crippen LogP) is 2.00. The van der Waals surface area contributed by atoms with Gasteiger partial charge in [-0.2, -0.15) is 5.10 Å². The summed E-state index contributed by atoms with van der Waals surface area (Å²) in [4.78, 5) is 8.49. The molecule has 0 spiro atoms. The van der Waals surface area contributed by atoms with Gasteiger partial charge in [0.1, 0.15) is 6.33 Å². The lowest BCUT2D eigenvalue weighted by Crippen LogP contribution is -1.99. The van der Waals surface area contributed by atoms with E-state index in [2.05, 4.69) is 28.9 Å². The highest BCUT2D eigenvalue weighted by molar-refractivity contribution is 5.54. The van der Waals surface area contributed by atoms with Crippen LogP contribution in [0.2, 0.25) is 0 Å². The van der Waals surface area contributed by atoms with Crippen LogP contribution in [0.1, 0.15) is 25.5 Å². The molecular weight excluding hydrogens is 188 g/mol. The third-order valence-electron chi connectivity index (χ3n) is 2.36. The SMILES string of the molecule is CC(C)c1cc(-c2ccnn2C)ncn1. The lowest BCUT2D eigenvalue weighted by atomic mass is 10.1. The van der Waals surface area contributed by atoms with Gasteiger partial charge in [-0.3, -0.25) is 4.68 Å². The van der Waals surface area contributed by atoms with Gasteiger partial charge in [0.05, 0.1) is 11.4 Å². The topological polar surface area (TPSA) is 43.6 Å². The van der Waals surface area contributed by atoms with Crippen LogP contribution in [-0.2, 0) is 7.05 Å². The predicted molar refractivity (Wildman–Crippen MR) is 58.3 cm³/mol. The van der Waals surface area contributed by atoms with Gasteiger partial charge in [0.15, 0.2) is 0 Å². The summed E-state index contributed by atoms with van der Waals surface area (Å²) in [5.41, 5.74) is 2.99. The molecule has 2 aromatic heterocycles. The van der Waals surface area contributed by atoms with Crippen LogP contribution in [0.25, 0.3) is 11.4 Å². The number of aryl methyl sites for hydroxylation is 1. The highest BCUT2D eigenvalue weighted by Crippen LogP contribution is 2.18. The third-order valence-corrected chi connectivity index (χ3v) is 2.36. The first-order valence-electron chi connectivity index (χ1n) is 4.99. The Kier molecular flexibility index (Phi) is 2.49. The number of rotatable bonds is 2. The largest absolute Gasteiger partial charge is 0.266 e. The van der Waals surface area contributed by atoms with E-state index in [1.165, 1.54) is 0 Å². The Morgan fingerprint density at radius 3 is 2.67 bits per heavy atom. The molecule has 0 aliphatic carbocycles. The summed E-state index contributed by atoms with van der Waals surface area (Å²) >= 11 is 0. The van der Waals surface area contributed by atoms with Crippen LogP contribution in [0.5, 0.6) is 0 Å². The molecule has 0 atom stereocenters. The minimum atomic E-state index is 0.417. The van der Waals surface area contributed by atoms with E-state index in [0.717, 1.165) is 17.1 Å². The molecule has 78 valence electrons. The molecule has 2 rings (SSSR count). The van der Waals surface area contributed by atoms with Crippen molar-refractivity contribution in [3.8, 4) is 11.4 Å². The van der Waals surface area contributed by atoms with Crippen molar-refractivity contribution in [2.75, 3.05) is 0 Å². The molecule has 0 N–H and O–H groups in total. The fourth-order valence-electron chi connectivity index (χ4n) is 1.45. The van der Waals surface area contributed by atoms with Gasteiger partial charge in [0.25, 0.3) is 0 Å². The minimum Gasteiger partial charge on any atom is -0.266 e. The zero-order valence-corrected chi connectivity index (χ0v) is 9.18. The maximum absolute atomic E-state index is 4.25. The van der Waals surface area contributed by atoms with Gasteiger partial charge >= 0.3 is 0 Å². The van der Waals surface area contributed by atoms with Crippen molar-refractivity contribution in [2.45, 2.75) is 19.8 Å². The highest BCUT2D eigenvalue weighted by atomic mass is 15.3. The first kappa shape index (κ1) is 9.83. The van der Waals surface area contributed by atoms with Gasteiger partial charge in [-0.05, 0) is 18.1 Å². The van der Waals surface area contributed by atoms with Crippen LogP contribution >= 0.6 is 0 Å². The molecule has 0 aromatic carbocycles. The number of aromatic nitrogens is 4. The van der Waals surface area contributed by atoms with Gasteiger partial charge in [-0.1, -0.05) is 13.8 Å². The first-order chi connectivity index (χ1) is 7.18. The van der Waals surface area contributed by atoms with E-state index in [4.69, 9.17) is 0 Å². The fourth-order valence-corrected chi connectivity index (χ4v) is 1.45. The molecule has 0 unspecified atom stereocenters. The maximum Gasteiger partial charge on any atom is 0.116 e. The number of hydrogen-bond acceptors (Lipinski definition) is 3. The summed E-state index contributed by atoms with van der Waals surface area (Å²) in [5, 5.41) is 4.12. The van der Waals surface area contributed by atoms with Crippen molar-refractivity contribution in [3.05, 3.63) is 30.4 Å². The molecule has 0 saturated carbocycles. The Morgan fingerprint density at radius 2 is 2.07 bits per heavy atom. The van der Waals surface area contributed by atoms with Crippen molar-refractivity contribution < 1.29 is 0 Å². The average Bonchev–Trinajstić information content (AvgIpc) is 2.64. The maximum atomic E-state index is 4.25. The van der Waals surface area contributed by atoms with Crippen molar-refractivity contribution in [2.24, 2.45) is 7.05 Å². The zero-order chi connectivity index (χ0) is 10.8. The molecule has 0 aliphatic heterocycles. The van der Waals surface area contributed by atoms with E-state index in [9.17, 15) is 0 Å². The van der Waals surface area contributed by atoms with E-state index < -0.39 is 0 Å². The fraction of sp³-hybridized carbons (Fsp3) is 0.364. The first-order valence-corrected chi connectivity index (χ1v) is 4.99. The second-order valence-electron chi connectivity index (χ2n) is 3.82. The summed E-state index contributed by atoms with van der Waals surface area (Å²) in [5.74, 6) is 0.417. The lowest BCUT2D eigenvalue weighted by molar-refractivity contribution is 0.769. The molecule has 0 radical (unpaired) electrons. The molecule has 15 heavy (non-hydrogen) atoms. The van der Waals surface area contributed by atoms with E-state index in [0.29, 0.717) is 5.92 Å². The van der Waals surface area contributed by atoms with Crippen molar-refractivity contribution >= 4 is 0 Å². The average molecular weight is 202 g/mol.